The number of nitrogens with zero attached hydrogens (tertiary/aromatic N) is 2. The molecule has 0 saturated carbocycles. The first-order chi connectivity index (χ1) is 14.7. The van der Waals surface area contributed by atoms with Gasteiger partial charge in [0.25, 0.3) is 5.91 Å². The molecule has 0 radical (unpaired) electrons. The topological polar surface area (TPSA) is 54.9 Å². The number of rotatable bonds is 5. The molecule has 0 spiro atoms. The van der Waals surface area contributed by atoms with Gasteiger partial charge in [-0.2, -0.15) is 0 Å². The highest BCUT2D eigenvalue weighted by Gasteiger charge is 2.10. The predicted octanol–water partition coefficient (Wildman–Crippen LogP) is 6.38. The molecule has 0 aliphatic rings. The summed E-state index contributed by atoms with van der Waals surface area (Å²) < 4.78 is 0. The highest BCUT2D eigenvalue weighted by molar-refractivity contribution is 7.10. The van der Waals surface area contributed by atoms with E-state index in [9.17, 15) is 4.79 Å². The Kier molecular flexibility index (Phi) is 7.46. The van der Waals surface area contributed by atoms with Crippen LogP contribution in [0.4, 0.5) is 5.69 Å². The Morgan fingerprint density at radius 3 is 2.57 bits per heavy atom. The minimum atomic E-state index is -0.108. The van der Waals surface area contributed by atoms with E-state index in [2.05, 4.69) is 22.6 Å². The van der Waals surface area contributed by atoms with Crippen molar-refractivity contribution in [3.63, 3.8) is 0 Å². The number of hydrogen-bond acceptors (Lipinski definition) is 4. The molecule has 0 saturated heterocycles. The van der Waals surface area contributed by atoms with E-state index in [4.69, 9.17) is 4.98 Å². The van der Waals surface area contributed by atoms with E-state index >= 15 is 0 Å². The van der Waals surface area contributed by atoms with Crippen LogP contribution in [0, 0.1) is 6.92 Å². The standard InChI is InChI=1S/C23H19N3OS.C2H6/c1-16-9-10-20(25-23(27)17-6-3-2-4-7-17)12-19(16)13-22-26-21(15-28-22)18-8-5-11-24-14-18;1-2/h2-12,14-15H,13H2,1H3,(H,25,27);1-2H3. The molecule has 2 aromatic carbocycles. The number of benzene rings is 2. The van der Waals surface area contributed by atoms with Crippen molar-refractivity contribution in [1.82, 2.24) is 9.97 Å². The second kappa shape index (κ2) is 10.5. The number of pyridine rings is 1. The second-order valence-corrected chi connectivity index (χ2v) is 7.45. The van der Waals surface area contributed by atoms with Gasteiger partial charge in [-0.05, 0) is 54.4 Å². The molecule has 0 bridgehead atoms. The van der Waals surface area contributed by atoms with Gasteiger partial charge in [0.15, 0.2) is 0 Å². The number of anilines is 1. The number of aromatic nitrogens is 2. The van der Waals surface area contributed by atoms with E-state index in [1.165, 1.54) is 5.56 Å². The highest BCUT2D eigenvalue weighted by Crippen LogP contribution is 2.25. The summed E-state index contributed by atoms with van der Waals surface area (Å²) in [6.07, 6.45) is 4.31. The van der Waals surface area contributed by atoms with Gasteiger partial charge in [0.05, 0.1) is 10.7 Å². The molecular weight excluding hydrogens is 390 g/mol. The number of hydrogen-bond donors (Lipinski definition) is 1. The Morgan fingerprint density at radius 2 is 1.83 bits per heavy atom. The van der Waals surface area contributed by atoms with Gasteiger partial charge in [0, 0.05) is 41.0 Å². The Balaban J connectivity index is 0.00000124. The normalized spacial score (nSPS) is 10.1. The van der Waals surface area contributed by atoms with Crippen LogP contribution in [0.25, 0.3) is 11.3 Å². The summed E-state index contributed by atoms with van der Waals surface area (Å²) in [6.45, 7) is 6.08. The summed E-state index contributed by atoms with van der Waals surface area (Å²) in [6, 6.07) is 19.1. The van der Waals surface area contributed by atoms with Crippen LogP contribution in [0.1, 0.15) is 40.3 Å². The van der Waals surface area contributed by atoms with Crippen molar-refractivity contribution in [2.24, 2.45) is 0 Å². The molecule has 1 amide bonds. The summed E-state index contributed by atoms with van der Waals surface area (Å²) >= 11 is 1.64. The first-order valence-corrected chi connectivity index (χ1v) is 10.9. The largest absolute Gasteiger partial charge is 0.322 e. The number of amides is 1. The van der Waals surface area contributed by atoms with Gasteiger partial charge < -0.3 is 5.32 Å². The lowest BCUT2D eigenvalue weighted by Crippen LogP contribution is -2.12. The van der Waals surface area contributed by atoms with Crippen LogP contribution >= 0.6 is 11.3 Å². The zero-order chi connectivity index (χ0) is 21.3. The molecule has 152 valence electrons. The number of thiazole rings is 1. The zero-order valence-corrected chi connectivity index (χ0v) is 18.2. The summed E-state index contributed by atoms with van der Waals surface area (Å²) in [5, 5.41) is 6.07. The Hall–Kier alpha value is -3.31. The van der Waals surface area contributed by atoms with E-state index in [-0.39, 0.29) is 5.91 Å². The van der Waals surface area contributed by atoms with Crippen LogP contribution in [0.5, 0.6) is 0 Å². The first kappa shape index (κ1) is 21.4. The molecule has 4 aromatic rings. The average molecular weight is 416 g/mol. The quantitative estimate of drug-likeness (QED) is 0.411. The van der Waals surface area contributed by atoms with Gasteiger partial charge in [0.1, 0.15) is 0 Å². The number of carbonyl (C=O) groups is 1. The molecule has 0 unspecified atom stereocenters. The fraction of sp³-hybridized carbons (Fsp3) is 0.160. The minimum absolute atomic E-state index is 0.108. The molecule has 4 nitrogen and oxygen atoms in total. The van der Waals surface area contributed by atoms with Gasteiger partial charge in [-0.1, -0.05) is 38.1 Å². The molecule has 0 fully saturated rings. The summed E-state index contributed by atoms with van der Waals surface area (Å²) in [4.78, 5) is 21.3. The fourth-order valence-electron chi connectivity index (χ4n) is 2.93. The third-order valence-electron chi connectivity index (χ3n) is 4.49. The molecule has 0 aliphatic carbocycles. The molecule has 2 aromatic heterocycles. The third-order valence-corrected chi connectivity index (χ3v) is 5.34. The van der Waals surface area contributed by atoms with E-state index in [1.807, 2.05) is 68.6 Å². The maximum Gasteiger partial charge on any atom is 0.255 e. The van der Waals surface area contributed by atoms with E-state index in [1.54, 1.807) is 29.7 Å². The van der Waals surface area contributed by atoms with Crippen molar-refractivity contribution < 1.29 is 4.79 Å². The van der Waals surface area contributed by atoms with Crippen LogP contribution in [-0.2, 0) is 6.42 Å². The SMILES string of the molecule is CC.Cc1ccc(NC(=O)c2ccccc2)cc1Cc1nc(-c2cccnc2)cs1. The molecule has 2 heterocycles. The molecule has 30 heavy (non-hydrogen) atoms. The van der Waals surface area contributed by atoms with Gasteiger partial charge in [-0.15, -0.1) is 11.3 Å². The van der Waals surface area contributed by atoms with Gasteiger partial charge in [-0.25, -0.2) is 4.98 Å². The molecule has 5 heteroatoms. The van der Waals surface area contributed by atoms with Gasteiger partial charge in [0.2, 0.25) is 0 Å². The monoisotopic (exact) mass is 415 g/mol. The summed E-state index contributed by atoms with van der Waals surface area (Å²) in [7, 11) is 0. The lowest BCUT2D eigenvalue weighted by molar-refractivity contribution is 0.102. The lowest BCUT2D eigenvalue weighted by Gasteiger charge is -2.09. The van der Waals surface area contributed by atoms with Crippen LogP contribution in [0.3, 0.4) is 0 Å². The van der Waals surface area contributed by atoms with Crippen LogP contribution in [-0.4, -0.2) is 15.9 Å². The van der Waals surface area contributed by atoms with Gasteiger partial charge in [-0.3, -0.25) is 9.78 Å². The number of carbonyl (C=O) groups excluding carboxylic acids is 1. The smallest absolute Gasteiger partial charge is 0.255 e. The highest BCUT2D eigenvalue weighted by atomic mass is 32.1. The van der Waals surface area contributed by atoms with Gasteiger partial charge >= 0.3 is 0 Å². The second-order valence-electron chi connectivity index (χ2n) is 6.51. The van der Waals surface area contributed by atoms with Crippen molar-refractivity contribution in [1.29, 1.82) is 0 Å². The Morgan fingerprint density at radius 1 is 1.03 bits per heavy atom. The van der Waals surface area contributed by atoms with E-state index in [0.29, 0.717) is 5.56 Å². The van der Waals surface area contributed by atoms with Crippen molar-refractivity contribution in [3.8, 4) is 11.3 Å². The average Bonchev–Trinajstić information content (AvgIpc) is 3.27. The van der Waals surface area contributed by atoms with Crippen molar-refractivity contribution in [2.75, 3.05) is 5.32 Å². The van der Waals surface area contributed by atoms with Crippen LogP contribution < -0.4 is 5.32 Å². The predicted molar refractivity (Wildman–Crippen MR) is 125 cm³/mol. The fourth-order valence-corrected chi connectivity index (χ4v) is 3.76. The van der Waals surface area contributed by atoms with Crippen molar-refractivity contribution in [2.45, 2.75) is 27.2 Å². The van der Waals surface area contributed by atoms with E-state index < -0.39 is 0 Å². The maximum atomic E-state index is 12.4. The third kappa shape index (κ3) is 5.39. The number of nitrogens with one attached hydrogen (secondary N) is 1. The lowest BCUT2D eigenvalue weighted by atomic mass is 10.0. The molecule has 0 aliphatic heterocycles. The maximum absolute atomic E-state index is 12.4. The van der Waals surface area contributed by atoms with Crippen LogP contribution in [0.2, 0.25) is 0 Å². The van der Waals surface area contributed by atoms with Crippen molar-refractivity contribution >= 4 is 22.9 Å². The molecule has 1 N–H and O–H groups in total. The van der Waals surface area contributed by atoms with Crippen LogP contribution in [0.15, 0.2) is 78.4 Å². The zero-order valence-electron chi connectivity index (χ0n) is 17.4. The Labute approximate surface area is 181 Å². The molecule has 4 rings (SSSR count). The minimum Gasteiger partial charge on any atom is -0.322 e. The van der Waals surface area contributed by atoms with E-state index in [0.717, 1.165) is 33.9 Å². The number of aryl methyl sites for hydroxylation is 1. The van der Waals surface area contributed by atoms with Crippen molar-refractivity contribution in [3.05, 3.63) is 100 Å². The molecule has 0 atom stereocenters. The first-order valence-electron chi connectivity index (χ1n) is 10.00. The molecular formula is C25H25N3OS. The summed E-state index contributed by atoms with van der Waals surface area (Å²) in [5.41, 5.74) is 5.72. The summed E-state index contributed by atoms with van der Waals surface area (Å²) in [5.74, 6) is -0.108. The Bertz CT molecular complexity index is 1090.